The van der Waals surface area contributed by atoms with Crippen LogP contribution in [-0.2, 0) is 16.0 Å². The van der Waals surface area contributed by atoms with Crippen LogP contribution in [-0.4, -0.2) is 44.5 Å². The highest BCUT2D eigenvalue weighted by atomic mass is 16.6. The summed E-state index contributed by atoms with van der Waals surface area (Å²) in [4.78, 5) is 24.2. The number of ether oxygens (including phenoxy) is 1. The van der Waals surface area contributed by atoms with E-state index in [0.29, 0.717) is 12.3 Å². The van der Waals surface area contributed by atoms with Crippen molar-refractivity contribution in [2.24, 2.45) is 28.3 Å². The van der Waals surface area contributed by atoms with Crippen molar-refractivity contribution >= 4 is 28.8 Å². The van der Waals surface area contributed by atoms with Crippen molar-refractivity contribution in [1.82, 2.24) is 9.99 Å². The van der Waals surface area contributed by atoms with Crippen molar-refractivity contribution in [2.45, 2.75) is 83.8 Å². The van der Waals surface area contributed by atoms with Crippen LogP contribution in [0.4, 0.5) is 4.79 Å². The largest absolute Gasteiger partial charge is 0.480 e. The van der Waals surface area contributed by atoms with Crippen LogP contribution in [0.3, 0.4) is 0 Å². The second-order valence-electron chi connectivity index (χ2n) is 12.5. The van der Waals surface area contributed by atoms with E-state index in [1.807, 2.05) is 30.5 Å². The fourth-order valence-electron chi connectivity index (χ4n) is 7.47. The molecule has 1 heterocycles. The SMILES string of the molecule is CC(C)(C)OC(=O)N[C@@H](Cc1cn(N/C(CC23CC4CC(CC(C4)C2)C3)=N\O)c2ccccc12)C(=O)O. The molecule has 1 aromatic carbocycles. The normalized spacial score (nSPS) is 27.8. The molecule has 1 aromatic heterocycles. The Morgan fingerprint density at radius 1 is 1.14 bits per heavy atom. The summed E-state index contributed by atoms with van der Waals surface area (Å²) in [5.74, 6) is 1.79. The molecule has 9 heteroatoms. The standard InChI is InChI=1S/C28H38N4O5/c1-27(2,3)37-26(35)29-22(25(33)34)11-20-16-32(23-7-5-4-6-21(20)23)30-24(31-36)15-28-12-17-8-18(13-28)10-19(9-17)14-28/h4-7,16-19,22,36H,8-15H2,1-3H3,(H,29,35)(H,30,31)(H,33,34)/t17?,18?,19?,22-,28?/m0/s1. The molecule has 2 aromatic rings. The highest BCUT2D eigenvalue weighted by Gasteiger charge is 2.51. The number of benzene rings is 1. The number of carboxylic acid groups (broad SMARTS) is 1. The smallest absolute Gasteiger partial charge is 0.408 e. The number of amides is 1. The third-order valence-electron chi connectivity index (χ3n) is 8.29. The van der Waals surface area contributed by atoms with Gasteiger partial charge in [0.05, 0.1) is 5.52 Å². The van der Waals surface area contributed by atoms with Gasteiger partial charge in [-0.3, -0.25) is 10.1 Å². The number of hydrogen-bond donors (Lipinski definition) is 4. The first-order valence-corrected chi connectivity index (χ1v) is 13.3. The van der Waals surface area contributed by atoms with Crippen LogP contribution < -0.4 is 10.7 Å². The molecule has 9 nitrogen and oxygen atoms in total. The molecule has 1 amide bonds. The Bertz CT molecular complexity index is 1180. The van der Waals surface area contributed by atoms with E-state index in [4.69, 9.17) is 4.74 Å². The van der Waals surface area contributed by atoms with Crippen LogP contribution in [0.5, 0.6) is 0 Å². The molecule has 0 saturated heterocycles. The maximum atomic E-state index is 12.3. The molecular weight excluding hydrogens is 472 g/mol. The van der Waals surface area contributed by atoms with Crippen molar-refractivity contribution in [3.63, 3.8) is 0 Å². The zero-order valence-corrected chi connectivity index (χ0v) is 21.9. The Morgan fingerprint density at radius 3 is 2.32 bits per heavy atom. The second-order valence-corrected chi connectivity index (χ2v) is 12.5. The number of para-hydroxylation sites is 1. The number of hydrogen-bond acceptors (Lipinski definition) is 5. The number of oxime groups is 1. The molecule has 4 saturated carbocycles. The Balaban J connectivity index is 1.34. The molecule has 0 radical (unpaired) electrons. The van der Waals surface area contributed by atoms with Crippen LogP contribution in [0.2, 0.25) is 0 Å². The number of carboxylic acids is 1. The molecule has 200 valence electrons. The molecule has 1 atom stereocenters. The average molecular weight is 511 g/mol. The minimum absolute atomic E-state index is 0.0738. The summed E-state index contributed by atoms with van der Waals surface area (Å²) in [7, 11) is 0. The summed E-state index contributed by atoms with van der Waals surface area (Å²) in [5, 5.41) is 26.7. The van der Waals surface area contributed by atoms with E-state index in [2.05, 4.69) is 15.9 Å². The van der Waals surface area contributed by atoms with Gasteiger partial charge in [0, 0.05) is 24.4 Å². The second kappa shape index (κ2) is 9.58. The first-order chi connectivity index (χ1) is 17.5. The van der Waals surface area contributed by atoms with E-state index in [1.165, 1.54) is 38.5 Å². The van der Waals surface area contributed by atoms with Gasteiger partial charge >= 0.3 is 12.1 Å². The van der Waals surface area contributed by atoms with Gasteiger partial charge in [-0.15, -0.1) is 0 Å². The monoisotopic (exact) mass is 510 g/mol. The summed E-state index contributed by atoms with van der Waals surface area (Å²) in [6.45, 7) is 5.18. The fraction of sp³-hybridized carbons (Fsp3) is 0.607. The Morgan fingerprint density at radius 2 is 1.76 bits per heavy atom. The van der Waals surface area contributed by atoms with Crippen molar-refractivity contribution < 1.29 is 24.6 Å². The number of nitrogens with zero attached hydrogens (tertiary/aromatic N) is 2. The summed E-state index contributed by atoms with van der Waals surface area (Å²) in [6.07, 6.45) is 9.49. The molecule has 0 spiro atoms. The lowest BCUT2D eigenvalue weighted by atomic mass is 9.49. The summed E-state index contributed by atoms with van der Waals surface area (Å²) in [6, 6.07) is 6.50. The van der Waals surface area contributed by atoms with Gasteiger partial charge in [-0.05, 0) is 94.1 Å². The molecule has 4 aliphatic carbocycles. The molecule has 4 aliphatic rings. The summed E-state index contributed by atoms with van der Waals surface area (Å²) >= 11 is 0. The molecule has 4 fully saturated rings. The third kappa shape index (κ3) is 5.55. The highest BCUT2D eigenvalue weighted by molar-refractivity contribution is 5.93. The highest BCUT2D eigenvalue weighted by Crippen LogP contribution is 2.61. The first-order valence-electron chi connectivity index (χ1n) is 13.3. The quantitative estimate of drug-likeness (QED) is 0.178. The lowest BCUT2D eigenvalue weighted by Gasteiger charge is -2.57. The van der Waals surface area contributed by atoms with Crippen molar-refractivity contribution in [2.75, 3.05) is 5.43 Å². The van der Waals surface area contributed by atoms with Crippen molar-refractivity contribution in [3.05, 3.63) is 36.0 Å². The van der Waals surface area contributed by atoms with Gasteiger partial charge in [-0.1, -0.05) is 23.4 Å². The summed E-state index contributed by atoms with van der Waals surface area (Å²) in [5.41, 5.74) is 4.35. The lowest BCUT2D eigenvalue weighted by molar-refractivity contribution is -0.139. The first kappa shape index (κ1) is 25.4. The number of rotatable bonds is 7. The predicted molar refractivity (Wildman–Crippen MR) is 140 cm³/mol. The topological polar surface area (TPSA) is 125 Å². The lowest BCUT2D eigenvalue weighted by Crippen LogP contribution is -2.47. The number of carbonyl (C=O) groups excluding carboxylic acids is 1. The molecule has 4 N–H and O–H groups in total. The minimum atomic E-state index is -1.16. The van der Waals surface area contributed by atoms with Crippen molar-refractivity contribution in [1.29, 1.82) is 0 Å². The van der Waals surface area contributed by atoms with E-state index in [9.17, 15) is 19.9 Å². The zero-order chi connectivity index (χ0) is 26.4. The molecule has 37 heavy (non-hydrogen) atoms. The van der Waals surface area contributed by atoms with Gasteiger partial charge in [0.25, 0.3) is 0 Å². The molecule has 6 rings (SSSR count). The van der Waals surface area contributed by atoms with Gasteiger partial charge in [0.15, 0.2) is 5.84 Å². The molecule has 4 bridgehead atoms. The average Bonchev–Trinajstić information content (AvgIpc) is 3.13. The number of alkyl carbamates (subject to hydrolysis) is 1. The Hall–Kier alpha value is -3.23. The number of aromatic nitrogens is 1. The van der Waals surface area contributed by atoms with E-state index in [1.54, 1.807) is 25.4 Å². The maximum Gasteiger partial charge on any atom is 0.408 e. The number of aliphatic carboxylic acids is 1. The van der Waals surface area contributed by atoms with E-state index in [0.717, 1.165) is 34.2 Å². The number of carbonyl (C=O) groups is 2. The van der Waals surface area contributed by atoms with E-state index >= 15 is 0 Å². The predicted octanol–water partition coefficient (Wildman–Crippen LogP) is 5.10. The fourth-order valence-corrected chi connectivity index (χ4v) is 7.47. The molecule has 0 aliphatic heterocycles. The Kier molecular flexibility index (Phi) is 6.58. The zero-order valence-electron chi connectivity index (χ0n) is 21.9. The van der Waals surface area contributed by atoms with Crippen molar-refractivity contribution in [3.8, 4) is 0 Å². The number of fused-ring (bicyclic) bond motifs is 1. The minimum Gasteiger partial charge on any atom is -0.480 e. The van der Waals surface area contributed by atoms with Gasteiger partial charge in [0.1, 0.15) is 11.6 Å². The van der Waals surface area contributed by atoms with Crippen LogP contribution in [0, 0.1) is 23.2 Å². The third-order valence-corrected chi connectivity index (χ3v) is 8.29. The number of nitrogens with one attached hydrogen (secondary N) is 2. The van der Waals surface area contributed by atoms with E-state index in [-0.39, 0.29) is 11.8 Å². The van der Waals surface area contributed by atoms with Crippen LogP contribution in [0.15, 0.2) is 35.6 Å². The Labute approximate surface area is 217 Å². The molecular formula is C28H38N4O5. The van der Waals surface area contributed by atoms with Crippen LogP contribution in [0.25, 0.3) is 10.9 Å². The van der Waals surface area contributed by atoms with Gasteiger partial charge in [0.2, 0.25) is 0 Å². The van der Waals surface area contributed by atoms with Gasteiger partial charge in [-0.25, -0.2) is 9.59 Å². The van der Waals surface area contributed by atoms with Crippen LogP contribution >= 0.6 is 0 Å². The van der Waals surface area contributed by atoms with Crippen LogP contribution in [0.1, 0.15) is 71.3 Å². The van der Waals surface area contributed by atoms with Gasteiger partial charge in [-0.2, -0.15) is 0 Å². The number of amidine groups is 1. The maximum absolute atomic E-state index is 12.3. The molecule has 0 unspecified atom stereocenters. The summed E-state index contributed by atoms with van der Waals surface area (Å²) < 4.78 is 7.05. The van der Waals surface area contributed by atoms with E-state index < -0.39 is 23.7 Å². The van der Waals surface area contributed by atoms with Gasteiger partial charge < -0.3 is 20.4 Å².